The smallest absolute Gasteiger partial charge is 0.151 e. The molecule has 98 valence electrons. The summed E-state index contributed by atoms with van der Waals surface area (Å²) in [6.07, 6.45) is 5.55. The van der Waals surface area contributed by atoms with Crippen LogP contribution in [0.5, 0.6) is 0 Å². The van der Waals surface area contributed by atoms with E-state index in [9.17, 15) is 0 Å². The van der Waals surface area contributed by atoms with Gasteiger partial charge in [-0.15, -0.1) is 0 Å². The lowest BCUT2D eigenvalue weighted by molar-refractivity contribution is 0.772. The van der Waals surface area contributed by atoms with Crippen LogP contribution in [0.2, 0.25) is 0 Å². The molecular weight excluding hydrogens is 236 g/mol. The molecule has 4 heteroatoms. The van der Waals surface area contributed by atoms with Crippen molar-refractivity contribution in [2.45, 2.75) is 19.4 Å². The Kier molecular flexibility index (Phi) is 3.42. The minimum Gasteiger partial charge on any atom is -0.354 e. The first-order valence-corrected chi connectivity index (χ1v) is 6.70. The van der Waals surface area contributed by atoms with Crippen molar-refractivity contribution in [3.05, 3.63) is 53.5 Å². The van der Waals surface area contributed by atoms with Crippen molar-refractivity contribution in [3.8, 4) is 0 Å². The summed E-state index contributed by atoms with van der Waals surface area (Å²) in [5.41, 5.74) is 9.53. The fourth-order valence-corrected chi connectivity index (χ4v) is 2.65. The number of nitrogens with zero attached hydrogens (tertiary/aromatic N) is 3. The van der Waals surface area contributed by atoms with E-state index in [2.05, 4.69) is 39.1 Å². The Morgan fingerprint density at radius 3 is 2.26 bits per heavy atom. The van der Waals surface area contributed by atoms with Crippen LogP contribution in [-0.2, 0) is 19.4 Å². The fourth-order valence-electron chi connectivity index (χ4n) is 2.65. The molecule has 2 N–H and O–H groups in total. The van der Waals surface area contributed by atoms with Crippen LogP contribution in [0.25, 0.3) is 0 Å². The van der Waals surface area contributed by atoms with Gasteiger partial charge in [0, 0.05) is 32.0 Å². The van der Waals surface area contributed by atoms with Gasteiger partial charge in [-0.1, -0.05) is 24.3 Å². The summed E-state index contributed by atoms with van der Waals surface area (Å²) in [7, 11) is 0. The minimum atomic E-state index is 0.437. The lowest BCUT2D eigenvalue weighted by Gasteiger charge is -2.22. The first kappa shape index (κ1) is 12.1. The molecule has 1 aromatic heterocycles. The van der Waals surface area contributed by atoms with Gasteiger partial charge < -0.3 is 10.6 Å². The van der Waals surface area contributed by atoms with E-state index in [1.54, 1.807) is 12.4 Å². The number of aromatic nitrogens is 2. The Morgan fingerprint density at radius 1 is 1.00 bits per heavy atom. The number of fused-ring (bicyclic) bond motifs is 1. The fraction of sp³-hybridized carbons (Fsp3) is 0.333. The molecule has 4 nitrogen and oxygen atoms in total. The molecule has 19 heavy (non-hydrogen) atoms. The summed E-state index contributed by atoms with van der Waals surface area (Å²) >= 11 is 0. The van der Waals surface area contributed by atoms with Crippen molar-refractivity contribution in [2.24, 2.45) is 5.73 Å². The van der Waals surface area contributed by atoms with E-state index < -0.39 is 0 Å². The molecule has 2 aromatic rings. The van der Waals surface area contributed by atoms with Gasteiger partial charge >= 0.3 is 0 Å². The van der Waals surface area contributed by atoms with E-state index in [1.165, 1.54) is 11.1 Å². The van der Waals surface area contributed by atoms with Crippen molar-refractivity contribution in [3.63, 3.8) is 0 Å². The van der Waals surface area contributed by atoms with Gasteiger partial charge in [-0.05, 0) is 24.0 Å². The SMILES string of the molecule is NCc1nccnc1N1CCc2ccccc2CC1. The second-order valence-corrected chi connectivity index (χ2v) is 4.79. The third-order valence-electron chi connectivity index (χ3n) is 3.67. The highest BCUT2D eigenvalue weighted by Gasteiger charge is 2.17. The molecular formula is C15H18N4. The van der Waals surface area contributed by atoms with Gasteiger partial charge in [-0.2, -0.15) is 0 Å². The minimum absolute atomic E-state index is 0.437. The molecule has 0 unspecified atom stereocenters. The van der Waals surface area contributed by atoms with E-state index >= 15 is 0 Å². The second kappa shape index (κ2) is 5.36. The van der Waals surface area contributed by atoms with Gasteiger partial charge in [0.2, 0.25) is 0 Å². The summed E-state index contributed by atoms with van der Waals surface area (Å²) in [6, 6.07) is 8.67. The average Bonchev–Trinajstić information content (AvgIpc) is 2.70. The second-order valence-electron chi connectivity index (χ2n) is 4.79. The normalized spacial score (nSPS) is 14.9. The van der Waals surface area contributed by atoms with Gasteiger partial charge in [-0.3, -0.25) is 4.98 Å². The van der Waals surface area contributed by atoms with Crippen molar-refractivity contribution in [2.75, 3.05) is 18.0 Å². The zero-order chi connectivity index (χ0) is 13.1. The van der Waals surface area contributed by atoms with E-state index in [1.807, 2.05) is 0 Å². The molecule has 0 amide bonds. The summed E-state index contributed by atoms with van der Waals surface area (Å²) in [6.45, 7) is 2.39. The maximum absolute atomic E-state index is 5.75. The Labute approximate surface area is 113 Å². The molecule has 3 rings (SSSR count). The molecule has 1 aliphatic heterocycles. The van der Waals surface area contributed by atoms with E-state index in [0.717, 1.165) is 37.4 Å². The standard InChI is InChI=1S/C15H18N4/c16-11-14-15(18-8-7-17-14)19-9-5-12-3-1-2-4-13(12)6-10-19/h1-4,7-8H,5-6,9-11,16H2. The molecule has 0 bridgehead atoms. The topological polar surface area (TPSA) is 55.0 Å². The van der Waals surface area contributed by atoms with Gasteiger partial charge in [0.1, 0.15) is 0 Å². The summed E-state index contributed by atoms with van der Waals surface area (Å²) in [4.78, 5) is 11.1. The molecule has 0 radical (unpaired) electrons. The van der Waals surface area contributed by atoms with Crippen LogP contribution >= 0.6 is 0 Å². The molecule has 0 aliphatic carbocycles. The number of rotatable bonds is 2. The number of benzene rings is 1. The van der Waals surface area contributed by atoms with Crippen LogP contribution in [0.4, 0.5) is 5.82 Å². The predicted octanol–water partition coefficient (Wildman–Crippen LogP) is 1.54. The average molecular weight is 254 g/mol. The Bertz CT molecular complexity index is 541. The monoisotopic (exact) mass is 254 g/mol. The number of hydrogen-bond acceptors (Lipinski definition) is 4. The predicted molar refractivity (Wildman–Crippen MR) is 76.0 cm³/mol. The van der Waals surface area contributed by atoms with Gasteiger partial charge in [0.15, 0.2) is 5.82 Å². The Hall–Kier alpha value is -1.94. The molecule has 0 saturated carbocycles. The summed E-state index contributed by atoms with van der Waals surface area (Å²) < 4.78 is 0. The highest BCUT2D eigenvalue weighted by Crippen LogP contribution is 2.21. The number of nitrogens with two attached hydrogens (primary N) is 1. The summed E-state index contributed by atoms with van der Waals surface area (Å²) in [5, 5.41) is 0. The molecule has 0 saturated heterocycles. The van der Waals surface area contributed by atoms with Crippen molar-refractivity contribution >= 4 is 5.82 Å². The highest BCUT2D eigenvalue weighted by molar-refractivity contribution is 5.45. The Morgan fingerprint density at radius 2 is 1.63 bits per heavy atom. The Balaban J connectivity index is 1.85. The first-order valence-electron chi connectivity index (χ1n) is 6.70. The zero-order valence-electron chi connectivity index (χ0n) is 10.9. The largest absolute Gasteiger partial charge is 0.354 e. The maximum Gasteiger partial charge on any atom is 0.151 e. The van der Waals surface area contributed by atoms with Gasteiger partial charge in [0.05, 0.1) is 5.69 Å². The van der Waals surface area contributed by atoms with Crippen molar-refractivity contribution < 1.29 is 0 Å². The number of hydrogen-bond donors (Lipinski definition) is 1. The van der Waals surface area contributed by atoms with E-state index in [0.29, 0.717) is 6.54 Å². The molecule has 1 aliphatic rings. The molecule has 2 heterocycles. The van der Waals surface area contributed by atoms with E-state index in [4.69, 9.17) is 5.73 Å². The summed E-state index contributed by atoms with van der Waals surface area (Å²) in [5.74, 6) is 0.942. The third-order valence-corrected chi connectivity index (χ3v) is 3.67. The van der Waals surface area contributed by atoms with Crippen LogP contribution in [0, 0.1) is 0 Å². The lowest BCUT2D eigenvalue weighted by Crippen LogP contribution is -2.28. The lowest BCUT2D eigenvalue weighted by atomic mass is 10.0. The molecule has 1 aromatic carbocycles. The molecule has 0 spiro atoms. The van der Waals surface area contributed by atoms with Gasteiger partial charge in [-0.25, -0.2) is 4.98 Å². The van der Waals surface area contributed by atoms with Crippen LogP contribution in [0.1, 0.15) is 16.8 Å². The van der Waals surface area contributed by atoms with Gasteiger partial charge in [0.25, 0.3) is 0 Å². The van der Waals surface area contributed by atoms with Crippen LogP contribution < -0.4 is 10.6 Å². The molecule has 0 atom stereocenters. The zero-order valence-corrected chi connectivity index (χ0v) is 10.9. The van der Waals surface area contributed by atoms with E-state index in [-0.39, 0.29) is 0 Å². The van der Waals surface area contributed by atoms with Crippen LogP contribution in [0.15, 0.2) is 36.7 Å². The van der Waals surface area contributed by atoms with Crippen LogP contribution in [-0.4, -0.2) is 23.1 Å². The first-order chi connectivity index (χ1) is 9.38. The number of anilines is 1. The van der Waals surface area contributed by atoms with Crippen molar-refractivity contribution in [1.29, 1.82) is 0 Å². The third kappa shape index (κ3) is 2.44. The molecule has 0 fully saturated rings. The van der Waals surface area contributed by atoms with Crippen molar-refractivity contribution in [1.82, 2.24) is 9.97 Å². The quantitative estimate of drug-likeness (QED) is 0.883. The maximum atomic E-state index is 5.75. The highest BCUT2D eigenvalue weighted by atomic mass is 15.2. The van der Waals surface area contributed by atoms with Crippen LogP contribution in [0.3, 0.4) is 0 Å².